The van der Waals surface area contributed by atoms with Crippen LogP contribution >= 0.6 is 23.2 Å². The highest BCUT2D eigenvalue weighted by atomic mass is 35.5. The number of likely N-dealkylation sites (tertiary alicyclic amines) is 1. The van der Waals surface area contributed by atoms with Crippen molar-refractivity contribution < 1.29 is 9.53 Å². The van der Waals surface area contributed by atoms with Crippen molar-refractivity contribution in [2.24, 2.45) is 0 Å². The monoisotopic (exact) mass is 472 g/mol. The second-order valence-corrected chi connectivity index (χ2v) is 11.1. The number of nitrogens with zero attached hydrogens (tertiary/aromatic N) is 2. The summed E-state index contributed by atoms with van der Waals surface area (Å²) in [4.78, 5) is 17.3. The molecule has 6 heteroatoms. The quantitative estimate of drug-likeness (QED) is 0.451. The van der Waals surface area contributed by atoms with Crippen LogP contribution in [0.4, 0.5) is 10.5 Å². The van der Waals surface area contributed by atoms with Gasteiger partial charge in [0.25, 0.3) is 0 Å². The number of halogens is 2. The molecule has 1 amide bonds. The second kappa shape index (κ2) is 8.14. The Bertz CT molecular complexity index is 1040. The van der Waals surface area contributed by atoms with Crippen molar-refractivity contribution in [1.82, 2.24) is 4.90 Å². The van der Waals surface area contributed by atoms with E-state index < -0.39 is 5.60 Å². The van der Waals surface area contributed by atoms with Gasteiger partial charge >= 0.3 is 6.09 Å². The van der Waals surface area contributed by atoms with Crippen molar-refractivity contribution in [3.8, 4) is 11.1 Å². The van der Waals surface area contributed by atoms with E-state index in [1.54, 1.807) is 6.07 Å². The lowest BCUT2D eigenvalue weighted by Crippen LogP contribution is -2.49. The van der Waals surface area contributed by atoms with Gasteiger partial charge in [0.2, 0.25) is 0 Å². The number of hydrogen-bond acceptors (Lipinski definition) is 3. The zero-order valence-corrected chi connectivity index (χ0v) is 20.5. The van der Waals surface area contributed by atoms with Gasteiger partial charge in [0, 0.05) is 47.3 Å². The second-order valence-electron chi connectivity index (χ2n) is 10.3. The van der Waals surface area contributed by atoms with E-state index in [4.69, 9.17) is 27.9 Å². The van der Waals surface area contributed by atoms with Crippen LogP contribution in [0.1, 0.15) is 57.1 Å². The van der Waals surface area contributed by atoms with E-state index in [1.165, 1.54) is 29.7 Å². The van der Waals surface area contributed by atoms with Gasteiger partial charge in [-0.3, -0.25) is 0 Å². The maximum absolute atomic E-state index is 12.8. The Labute approximate surface area is 200 Å². The maximum atomic E-state index is 12.8. The highest BCUT2D eigenvalue weighted by molar-refractivity contribution is 6.35. The number of benzene rings is 2. The Morgan fingerprint density at radius 2 is 1.72 bits per heavy atom. The number of aryl methyl sites for hydroxylation is 1. The van der Waals surface area contributed by atoms with Crippen LogP contribution < -0.4 is 4.90 Å². The van der Waals surface area contributed by atoms with E-state index >= 15 is 0 Å². The molecular weight excluding hydrogens is 443 g/mol. The predicted octanol–water partition coefficient (Wildman–Crippen LogP) is 6.91. The molecule has 0 spiro atoms. The third-order valence-electron chi connectivity index (χ3n) is 6.82. The molecule has 0 aromatic heterocycles. The Balaban J connectivity index is 1.55. The summed E-state index contributed by atoms with van der Waals surface area (Å²) < 4.78 is 5.69. The van der Waals surface area contributed by atoms with Gasteiger partial charge in [-0.15, -0.1) is 0 Å². The van der Waals surface area contributed by atoms with Gasteiger partial charge in [-0.25, -0.2) is 4.79 Å². The smallest absolute Gasteiger partial charge is 0.410 e. The summed E-state index contributed by atoms with van der Waals surface area (Å²) in [5.74, 6) is 0.290. The molecule has 0 bridgehead atoms. The van der Waals surface area contributed by atoms with Crippen LogP contribution in [-0.4, -0.2) is 42.3 Å². The number of carbonyl (C=O) groups is 1. The largest absolute Gasteiger partial charge is 0.444 e. The number of rotatable bonds is 1. The van der Waals surface area contributed by atoms with E-state index in [0.717, 1.165) is 37.1 Å². The number of carbonyl (C=O) groups excluding carboxylic acids is 1. The van der Waals surface area contributed by atoms with Crippen molar-refractivity contribution in [3.63, 3.8) is 0 Å². The van der Waals surface area contributed by atoms with Gasteiger partial charge in [-0.05, 0) is 99.0 Å². The highest BCUT2D eigenvalue weighted by Crippen LogP contribution is 2.49. The average Bonchev–Trinajstić information content (AvgIpc) is 2.86. The van der Waals surface area contributed by atoms with Crippen LogP contribution in [0.2, 0.25) is 10.0 Å². The van der Waals surface area contributed by atoms with Crippen molar-refractivity contribution in [3.05, 3.63) is 51.5 Å². The summed E-state index contributed by atoms with van der Waals surface area (Å²) in [5.41, 5.74) is 5.87. The van der Waals surface area contributed by atoms with Crippen LogP contribution in [0.25, 0.3) is 11.1 Å². The standard InChI is InChI=1S/C26H30Cl2N2O2/c1-26(2,3)32-25(31)29-9-7-23-22(15-29)21-13-17(18-11-19(27)14-20(28)12-18)10-16-6-4-5-8-30(23)24(16)21/h10-14,22-23H,4-9,15H2,1-3H3/t22-,23-/m0/s1. The molecule has 4 nitrogen and oxygen atoms in total. The van der Waals surface area contributed by atoms with Gasteiger partial charge in [-0.1, -0.05) is 23.2 Å². The van der Waals surface area contributed by atoms with Crippen LogP contribution in [0.3, 0.4) is 0 Å². The number of piperidine rings is 1. The van der Waals surface area contributed by atoms with Crippen LogP contribution in [-0.2, 0) is 11.2 Å². The fourth-order valence-corrected chi connectivity index (χ4v) is 6.11. The number of amides is 1. The lowest BCUT2D eigenvalue weighted by Gasteiger charge is -2.39. The molecule has 32 heavy (non-hydrogen) atoms. The minimum atomic E-state index is -0.486. The molecule has 2 atom stereocenters. The molecule has 3 aliphatic rings. The zero-order chi connectivity index (χ0) is 22.6. The predicted molar refractivity (Wildman–Crippen MR) is 131 cm³/mol. The third kappa shape index (κ3) is 4.08. The molecule has 170 valence electrons. The van der Waals surface area contributed by atoms with Gasteiger partial charge in [-0.2, -0.15) is 0 Å². The van der Waals surface area contributed by atoms with E-state index in [0.29, 0.717) is 22.6 Å². The van der Waals surface area contributed by atoms with E-state index in [1.807, 2.05) is 37.8 Å². The molecule has 3 aliphatic heterocycles. The van der Waals surface area contributed by atoms with E-state index in [2.05, 4.69) is 17.0 Å². The summed E-state index contributed by atoms with van der Waals surface area (Å²) in [6.45, 7) is 8.30. The number of anilines is 1. The van der Waals surface area contributed by atoms with Gasteiger partial charge in [0.1, 0.15) is 5.60 Å². The fraction of sp³-hybridized carbons (Fsp3) is 0.500. The number of hydrogen-bond donors (Lipinski definition) is 0. The van der Waals surface area contributed by atoms with Crippen molar-refractivity contribution in [1.29, 1.82) is 0 Å². The molecule has 2 aromatic rings. The van der Waals surface area contributed by atoms with Crippen LogP contribution in [0.5, 0.6) is 0 Å². The SMILES string of the molecule is CC(C)(C)OC(=O)N1CC[C@H]2[C@@H](C1)c1cc(-c3cc(Cl)cc(Cl)c3)cc3c1N2CCCC3. The minimum Gasteiger partial charge on any atom is -0.444 e. The van der Waals surface area contributed by atoms with Gasteiger partial charge in [0.05, 0.1) is 0 Å². The summed E-state index contributed by atoms with van der Waals surface area (Å²) in [6, 6.07) is 10.8. The number of ether oxygens (including phenoxy) is 1. The first-order chi connectivity index (χ1) is 15.2. The minimum absolute atomic E-state index is 0.207. The number of fused-ring (bicyclic) bond motifs is 3. The summed E-state index contributed by atoms with van der Waals surface area (Å²) in [6.07, 6.45) is 4.24. The molecule has 2 aromatic carbocycles. The maximum Gasteiger partial charge on any atom is 0.410 e. The average molecular weight is 473 g/mol. The molecule has 5 rings (SSSR count). The van der Waals surface area contributed by atoms with E-state index in [9.17, 15) is 4.79 Å². The molecule has 0 saturated carbocycles. The van der Waals surface area contributed by atoms with Crippen molar-refractivity contribution in [2.75, 3.05) is 24.5 Å². The summed E-state index contributed by atoms with van der Waals surface area (Å²) >= 11 is 12.6. The topological polar surface area (TPSA) is 32.8 Å². The molecule has 0 radical (unpaired) electrons. The third-order valence-corrected chi connectivity index (χ3v) is 7.26. The fourth-order valence-electron chi connectivity index (χ4n) is 5.58. The lowest BCUT2D eigenvalue weighted by atomic mass is 9.86. The van der Waals surface area contributed by atoms with Crippen LogP contribution in [0, 0.1) is 0 Å². The first-order valence-corrected chi connectivity index (χ1v) is 12.3. The molecule has 1 saturated heterocycles. The first-order valence-electron chi connectivity index (χ1n) is 11.6. The summed E-state index contributed by atoms with van der Waals surface area (Å²) in [5, 5.41) is 1.29. The van der Waals surface area contributed by atoms with Crippen molar-refractivity contribution >= 4 is 35.0 Å². The Morgan fingerprint density at radius 3 is 2.44 bits per heavy atom. The molecule has 1 fully saturated rings. The summed E-state index contributed by atoms with van der Waals surface area (Å²) in [7, 11) is 0. The van der Waals surface area contributed by atoms with Gasteiger partial charge < -0.3 is 14.5 Å². The van der Waals surface area contributed by atoms with Crippen molar-refractivity contribution in [2.45, 2.75) is 64.0 Å². The van der Waals surface area contributed by atoms with Crippen LogP contribution in [0.15, 0.2) is 30.3 Å². The highest BCUT2D eigenvalue weighted by Gasteiger charge is 2.45. The molecule has 0 unspecified atom stereocenters. The first kappa shape index (κ1) is 21.9. The Morgan fingerprint density at radius 1 is 1.00 bits per heavy atom. The Hall–Kier alpha value is -1.91. The zero-order valence-electron chi connectivity index (χ0n) is 19.0. The van der Waals surface area contributed by atoms with Gasteiger partial charge in [0.15, 0.2) is 0 Å². The molecule has 3 heterocycles. The molecular formula is C26H30Cl2N2O2. The molecule has 0 aliphatic carbocycles. The lowest BCUT2D eigenvalue weighted by molar-refractivity contribution is 0.0189. The normalized spacial score (nSPS) is 22.3. The molecule has 0 N–H and O–H groups in total. The Kier molecular flexibility index (Phi) is 5.58. The van der Waals surface area contributed by atoms with E-state index in [-0.39, 0.29) is 12.0 Å².